The molecule has 3 aromatic rings. The molecule has 0 aliphatic rings. The Morgan fingerprint density at radius 1 is 1.29 bits per heavy atom. The van der Waals surface area contributed by atoms with Crippen LogP contribution in [0.4, 0.5) is 5.69 Å². The lowest BCUT2D eigenvalue weighted by Crippen LogP contribution is -2.02. The second-order valence-electron chi connectivity index (χ2n) is 4.76. The van der Waals surface area contributed by atoms with E-state index >= 15 is 0 Å². The summed E-state index contributed by atoms with van der Waals surface area (Å²) in [6.45, 7) is 0. The Morgan fingerprint density at radius 2 is 2.05 bits per heavy atom. The molecule has 1 unspecified atom stereocenters. The Labute approximate surface area is 130 Å². The molecule has 3 rings (SSSR count). The summed E-state index contributed by atoms with van der Waals surface area (Å²) in [4.78, 5) is 0.592. The van der Waals surface area contributed by atoms with Crippen LogP contribution in [0.1, 0.15) is 5.69 Å². The first kappa shape index (κ1) is 14.1. The van der Waals surface area contributed by atoms with Crippen molar-refractivity contribution in [3.8, 4) is 0 Å². The first-order valence-corrected chi connectivity index (χ1v) is 8.10. The van der Waals surface area contributed by atoms with Crippen LogP contribution in [-0.4, -0.2) is 14.0 Å². The number of para-hydroxylation sites is 1. The number of aryl methyl sites for hydroxylation is 1. The average Bonchev–Trinajstić information content (AvgIpc) is 2.76. The van der Waals surface area contributed by atoms with Gasteiger partial charge < -0.3 is 5.73 Å². The van der Waals surface area contributed by atoms with Gasteiger partial charge >= 0.3 is 0 Å². The summed E-state index contributed by atoms with van der Waals surface area (Å²) in [6.07, 6.45) is 0. The van der Waals surface area contributed by atoms with Crippen molar-refractivity contribution in [3.63, 3.8) is 0 Å². The van der Waals surface area contributed by atoms with Crippen molar-refractivity contribution >= 4 is 39.0 Å². The van der Waals surface area contributed by atoms with E-state index in [4.69, 9.17) is 17.3 Å². The molecule has 0 spiro atoms. The van der Waals surface area contributed by atoms with Crippen molar-refractivity contribution in [3.05, 3.63) is 53.2 Å². The van der Waals surface area contributed by atoms with Crippen LogP contribution in [0.2, 0.25) is 5.02 Å². The first-order chi connectivity index (χ1) is 10.1. The predicted molar refractivity (Wildman–Crippen MR) is 86.7 cm³/mol. The van der Waals surface area contributed by atoms with Gasteiger partial charge in [-0.15, -0.1) is 0 Å². The van der Waals surface area contributed by atoms with Crippen LogP contribution in [0.3, 0.4) is 0 Å². The molecule has 108 valence electrons. The van der Waals surface area contributed by atoms with Gasteiger partial charge in [0.15, 0.2) is 0 Å². The van der Waals surface area contributed by atoms with Crippen molar-refractivity contribution in [2.24, 2.45) is 7.05 Å². The normalized spacial score (nSPS) is 12.7. The Bertz CT molecular complexity index is 844. The van der Waals surface area contributed by atoms with Gasteiger partial charge in [0.25, 0.3) is 0 Å². The lowest BCUT2D eigenvalue weighted by atomic mass is 10.2. The van der Waals surface area contributed by atoms with Crippen molar-refractivity contribution in [2.75, 3.05) is 5.73 Å². The molecule has 21 heavy (non-hydrogen) atoms. The number of hydrogen-bond donors (Lipinski definition) is 1. The van der Waals surface area contributed by atoms with Crippen LogP contribution < -0.4 is 5.73 Å². The molecule has 0 saturated carbocycles. The monoisotopic (exact) mass is 319 g/mol. The van der Waals surface area contributed by atoms with E-state index in [2.05, 4.69) is 5.10 Å². The number of nitrogens with zero attached hydrogens (tertiary/aromatic N) is 2. The van der Waals surface area contributed by atoms with E-state index in [1.165, 1.54) is 0 Å². The number of nitrogen functional groups attached to an aromatic ring is 1. The van der Waals surface area contributed by atoms with E-state index < -0.39 is 10.8 Å². The van der Waals surface area contributed by atoms with Crippen LogP contribution in [0.25, 0.3) is 10.9 Å². The maximum Gasteiger partial charge on any atom is 0.0831 e. The fourth-order valence-corrected chi connectivity index (χ4v) is 3.66. The number of anilines is 1. The third-order valence-electron chi connectivity index (χ3n) is 3.32. The molecule has 1 atom stereocenters. The number of halogens is 1. The molecular weight excluding hydrogens is 306 g/mol. The molecule has 1 aromatic heterocycles. The molecular formula is C15H14ClN3OS. The van der Waals surface area contributed by atoms with Crippen molar-refractivity contribution in [2.45, 2.75) is 10.6 Å². The fourth-order valence-electron chi connectivity index (χ4n) is 2.32. The van der Waals surface area contributed by atoms with E-state index in [9.17, 15) is 4.21 Å². The first-order valence-electron chi connectivity index (χ1n) is 6.40. The van der Waals surface area contributed by atoms with Gasteiger partial charge in [0.1, 0.15) is 0 Å². The Morgan fingerprint density at radius 3 is 2.81 bits per heavy atom. The van der Waals surface area contributed by atoms with Gasteiger partial charge in [-0.25, -0.2) is 0 Å². The number of aromatic nitrogens is 2. The highest BCUT2D eigenvalue weighted by atomic mass is 35.5. The molecule has 0 radical (unpaired) electrons. The van der Waals surface area contributed by atoms with E-state index in [1.54, 1.807) is 22.9 Å². The highest BCUT2D eigenvalue weighted by Gasteiger charge is 2.14. The van der Waals surface area contributed by atoms with Gasteiger partial charge in [-0.1, -0.05) is 29.8 Å². The van der Waals surface area contributed by atoms with Crippen LogP contribution in [0.15, 0.2) is 47.4 Å². The lowest BCUT2D eigenvalue weighted by molar-refractivity contribution is 0.681. The molecule has 2 aromatic carbocycles. The van der Waals surface area contributed by atoms with Crippen LogP contribution in [0, 0.1) is 0 Å². The zero-order valence-electron chi connectivity index (χ0n) is 11.4. The van der Waals surface area contributed by atoms with Gasteiger partial charge in [0.2, 0.25) is 0 Å². The highest BCUT2D eigenvalue weighted by molar-refractivity contribution is 7.84. The number of rotatable bonds is 3. The molecule has 0 bridgehead atoms. The summed E-state index contributed by atoms with van der Waals surface area (Å²) in [5.41, 5.74) is 8.16. The largest absolute Gasteiger partial charge is 0.398 e. The molecule has 0 amide bonds. The molecule has 2 N–H and O–H groups in total. The third kappa shape index (κ3) is 2.66. The molecule has 0 fully saturated rings. The molecule has 0 aliphatic carbocycles. The van der Waals surface area contributed by atoms with Gasteiger partial charge in [-0.3, -0.25) is 8.89 Å². The minimum Gasteiger partial charge on any atom is -0.398 e. The van der Waals surface area contributed by atoms with E-state index in [1.807, 2.05) is 31.3 Å². The fraction of sp³-hybridized carbons (Fsp3) is 0.133. The molecule has 1 heterocycles. The van der Waals surface area contributed by atoms with Crippen molar-refractivity contribution in [1.29, 1.82) is 0 Å². The number of fused-ring (bicyclic) bond motifs is 1. The second kappa shape index (κ2) is 5.50. The van der Waals surface area contributed by atoms with Crippen molar-refractivity contribution < 1.29 is 4.21 Å². The highest BCUT2D eigenvalue weighted by Crippen LogP contribution is 2.25. The standard InChI is InChI=1S/C15H14ClN3OS/c1-19-14-5-3-2-4-11(14)13(18-19)9-21(20)15-7-6-10(16)8-12(15)17/h2-8H,9,17H2,1H3. The Kier molecular flexibility index (Phi) is 3.69. The summed E-state index contributed by atoms with van der Waals surface area (Å²) in [6, 6.07) is 12.9. The number of nitrogens with two attached hydrogens (primary N) is 1. The van der Waals surface area contributed by atoms with E-state index in [0.717, 1.165) is 16.6 Å². The minimum atomic E-state index is -1.26. The maximum absolute atomic E-state index is 12.5. The summed E-state index contributed by atoms with van der Waals surface area (Å²) >= 11 is 5.87. The topological polar surface area (TPSA) is 60.9 Å². The maximum atomic E-state index is 12.5. The Hall–Kier alpha value is -1.85. The zero-order chi connectivity index (χ0) is 15.0. The third-order valence-corrected chi connectivity index (χ3v) is 4.95. The van der Waals surface area contributed by atoms with Crippen LogP contribution >= 0.6 is 11.6 Å². The average molecular weight is 320 g/mol. The molecule has 0 saturated heterocycles. The van der Waals surface area contributed by atoms with Crippen LogP contribution in [0.5, 0.6) is 0 Å². The summed E-state index contributed by atoms with van der Waals surface area (Å²) < 4.78 is 14.3. The predicted octanol–water partition coefficient (Wildman–Crippen LogP) is 3.12. The minimum absolute atomic E-state index is 0.327. The summed E-state index contributed by atoms with van der Waals surface area (Å²) in [5, 5.41) is 6.01. The smallest absolute Gasteiger partial charge is 0.0831 e. The van der Waals surface area contributed by atoms with Crippen LogP contribution in [-0.2, 0) is 23.6 Å². The second-order valence-corrected chi connectivity index (χ2v) is 6.62. The molecule has 6 heteroatoms. The Balaban J connectivity index is 1.97. The van der Waals surface area contributed by atoms with Gasteiger partial charge in [-0.2, -0.15) is 5.10 Å². The quantitative estimate of drug-likeness (QED) is 0.754. The number of hydrogen-bond acceptors (Lipinski definition) is 3. The van der Waals surface area contributed by atoms with Gasteiger partial charge in [0, 0.05) is 23.1 Å². The number of benzene rings is 2. The van der Waals surface area contributed by atoms with Crippen molar-refractivity contribution in [1.82, 2.24) is 9.78 Å². The zero-order valence-corrected chi connectivity index (χ0v) is 13.0. The van der Waals surface area contributed by atoms with Gasteiger partial charge in [-0.05, 0) is 24.3 Å². The summed E-state index contributed by atoms with van der Waals surface area (Å²) in [5.74, 6) is 0.327. The molecule has 4 nitrogen and oxygen atoms in total. The summed E-state index contributed by atoms with van der Waals surface area (Å²) in [7, 11) is 0.624. The van der Waals surface area contributed by atoms with Gasteiger partial charge in [0.05, 0.1) is 32.7 Å². The van der Waals surface area contributed by atoms with E-state index in [0.29, 0.717) is 21.4 Å². The lowest BCUT2D eigenvalue weighted by Gasteiger charge is -2.05. The molecule has 0 aliphatic heterocycles. The SMILES string of the molecule is Cn1nc(CS(=O)c2ccc(Cl)cc2N)c2ccccc21. The van der Waals surface area contributed by atoms with E-state index in [-0.39, 0.29) is 0 Å².